The van der Waals surface area contributed by atoms with Gasteiger partial charge in [0.15, 0.2) is 12.4 Å². The summed E-state index contributed by atoms with van der Waals surface area (Å²) in [6.07, 6.45) is 3.25. The number of ether oxygens (including phenoxy) is 1. The monoisotopic (exact) mass is 404 g/mol. The maximum absolute atomic E-state index is 12.0. The molecule has 6 nitrogen and oxygen atoms in total. The van der Waals surface area contributed by atoms with Crippen LogP contribution in [0.1, 0.15) is 67.4 Å². The van der Waals surface area contributed by atoms with Crippen LogP contribution in [0.15, 0.2) is 17.2 Å². The fourth-order valence-corrected chi connectivity index (χ4v) is 5.24. The Morgan fingerprint density at radius 3 is 2.57 bits per heavy atom. The molecular weight excluding hydrogens is 376 g/mol. The van der Waals surface area contributed by atoms with Crippen molar-refractivity contribution in [3.05, 3.63) is 21.9 Å². The lowest BCUT2D eigenvalue weighted by molar-refractivity contribution is -0.148. The third kappa shape index (κ3) is 3.90. The van der Waals surface area contributed by atoms with Crippen LogP contribution in [0, 0.1) is 23.7 Å². The van der Waals surface area contributed by atoms with Crippen molar-refractivity contribution < 1.29 is 19.1 Å². The summed E-state index contributed by atoms with van der Waals surface area (Å²) in [6, 6.07) is 3.64. The fourth-order valence-electron chi connectivity index (χ4n) is 4.40. The normalized spacial score (nSPS) is 26.4. The molecule has 2 bridgehead atoms. The van der Waals surface area contributed by atoms with E-state index in [1.54, 1.807) is 6.07 Å². The van der Waals surface area contributed by atoms with Crippen LogP contribution < -0.4 is 5.43 Å². The zero-order valence-electron chi connectivity index (χ0n) is 17.0. The molecule has 7 heteroatoms. The molecule has 0 radical (unpaired) electrons. The smallest absolute Gasteiger partial charge is 0.306 e. The number of carbonyl (C=O) groups is 3. The number of hydrogen-bond donors (Lipinski definition) is 1. The molecule has 2 unspecified atom stereocenters. The van der Waals surface area contributed by atoms with Gasteiger partial charge in [-0.25, -0.2) is 5.43 Å². The van der Waals surface area contributed by atoms with Crippen molar-refractivity contribution >= 4 is 34.7 Å². The third-order valence-corrected chi connectivity index (χ3v) is 7.81. The minimum Gasteiger partial charge on any atom is -0.455 e. The zero-order chi connectivity index (χ0) is 20.5. The Bertz CT molecular complexity index is 826. The summed E-state index contributed by atoms with van der Waals surface area (Å²) in [5.41, 5.74) is 3.77. The number of rotatable bonds is 7. The number of aryl methyl sites for hydroxylation is 1. The van der Waals surface area contributed by atoms with Gasteiger partial charge in [-0.3, -0.25) is 14.4 Å². The number of hydrogen-bond acceptors (Lipinski definition) is 6. The summed E-state index contributed by atoms with van der Waals surface area (Å²) < 4.78 is 4.97. The van der Waals surface area contributed by atoms with Crippen LogP contribution in [0.2, 0.25) is 0 Å². The van der Waals surface area contributed by atoms with Crippen molar-refractivity contribution in [1.29, 1.82) is 0 Å². The number of ketones is 1. The summed E-state index contributed by atoms with van der Waals surface area (Å²) in [4.78, 5) is 37.5. The van der Waals surface area contributed by atoms with E-state index in [9.17, 15) is 14.4 Å². The summed E-state index contributed by atoms with van der Waals surface area (Å²) in [7, 11) is 0. The van der Waals surface area contributed by atoms with Crippen LogP contribution in [0.3, 0.4) is 0 Å². The molecule has 1 aromatic rings. The SMILES string of the molecule is Cc1ccc(C(=O)CCC(=O)OCC(=O)N/N=C2\CC3CCC2(C)C3(C)C)s1. The second kappa shape index (κ2) is 7.78. The molecule has 3 rings (SSSR count). The molecule has 1 amide bonds. The van der Waals surface area contributed by atoms with Gasteiger partial charge in [0.05, 0.1) is 11.3 Å². The van der Waals surface area contributed by atoms with E-state index < -0.39 is 11.9 Å². The summed E-state index contributed by atoms with van der Waals surface area (Å²) >= 11 is 1.41. The highest BCUT2D eigenvalue weighted by Crippen LogP contribution is 2.63. The van der Waals surface area contributed by atoms with Crippen molar-refractivity contribution in [3.8, 4) is 0 Å². The number of hydrazone groups is 1. The molecule has 1 N–H and O–H groups in total. The number of amides is 1. The molecule has 0 spiro atoms. The molecule has 2 fully saturated rings. The van der Waals surface area contributed by atoms with E-state index in [2.05, 4.69) is 31.3 Å². The number of thiophene rings is 1. The minimum absolute atomic E-state index is 0.0160. The Hall–Kier alpha value is -2.02. The maximum Gasteiger partial charge on any atom is 0.306 e. The predicted molar refractivity (Wildman–Crippen MR) is 108 cm³/mol. The number of nitrogens with zero attached hydrogens (tertiary/aromatic N) is 1. The Morgan fingerprint density at radius 1 is 1.25 bits per heavy atom. The van der Waals surface area contributed by atoms with Crippen LogP contribution in [0.5, 0.6) is 0 Å². The average molecular weight is 405 g/mol. The van der Waals surface area contributed by atoms with E-state index in [0.717, 1.165) is 23.4 Å². The Balaban J connectivity index is 1.41. The number of esters is 1. The van der Waals surface area contributed by atoms with Crippen LogP contribution in [-0.2, 0) is 14.3 Å². The van der Waals surface area contributed by atoms with Crippen LogP contribution >= 0.6 is 11.3 Å². The Labute approximate surface area is 169 Å². The molecule has 1 heterocycles. The third-order valence-electron chi connectivity index (χ3n) is 6.76. The zero-order valence-corrected chi connectivity index (χ0v) is 17.8. The standard InChI is InChI=1S/C21H28N2O4S/c1-13-5-7-16(28-13)15(24)6-8-19(26)27-12-18(25)23-22-17-11-14-9-10-21(17,4)20(14,2)3/h5,7,14H,6,8-12H2,1-4H3,(H,23,25)/b22-17+. The van der Waals surface area contributed by atoms with Crippen LogP contribution in [0.25, 0.3) is 0 Å². The second-order valence-electron chi connectivity index (χ2n) is 8.58. The molecule has 2 aliphatic rings. The second-order valence-corrected chi connectivity index (χ2v) is 9.87. The predicted octanol–water partition coefficient (Wildman–Crippen LogP) is 3.88. The lowest BCUT2D eigenvalue weighted by Crippen LogP contribution is -2.34. The fraction of sp³-hybridized carbons (Fsp3) is 0.619. The highest BCUT2D eigenvalue weighted by molar-refractivity contribution is 7.14. The van der Waals surface area contributed by atoms with Crippen LogP contribution in [-0.4, -0.2) is 30.0 Å². The highest BCUT2D eigenvalue weighted by Gasteiger charge is 2.60. The van der Waals surface area contributed by atoms with Gasteiger partial charge in [-0.05, 0) is 49.7 Å². The summed E-state index contributed by atoms with van der Waals surface area (Å²) in [6.45, 7) is 8.31. The van der Waals surface area contributed by atoms with Gasteiger partial charge in [-0.2, -0.15) is 5.10 Å². The summed E-state index contributed by atoms with van der Waals surface area (Å²) in [5.74, 6) is -0.489. The van der Waals surface area contributed by atoms with Crippen molar-refractivity contribution in [1.82, 2.24) is 5.43 Å². The number of Topliss-reactive ketones (excluding diaryl/α,β-unsaturated/α-hetero) is 1. The van der Waals surface area contributed by atoms with Gasteiger partial charge in [0.25, 0.3) is 5.91 Å². The molecule has 1 aromatic heterocycles. The van der Waals surface area contributed by atoms with E-state index in [4.69, 9.17) is 4.74 Å². The molecule has 0 saturated heterocycles. The molecule has 0 aromatic carbocycles. The first-order valence-electron chi connectivity index (χ1n) is 9.74. The molecule has 2 aliphatic carbocycles. The molecule has 28 heavy (non-hydrogen) atoms. The van der Waals surface area contributed by atoms with E-state index in [1.807, 2.05) is 13.0 Å². The topological polar surface area (TPSA) is 84.8 Å². The van der Waals surface area contributed by atoms with Gasteiger partial charge in [0.1, 0.15) is 0 Å². The Kier molecular flexibility index (Phi) is 5.75. The first-order chi connectivity index (χ1) is 13.1. The number of fused-ring (bicyclic) bond motifs is 2. The van der Waals surface area contributed by atoms with E-state index in [1.165, 1.54) is 17.8 Å². The first kappa shape index (κ1) is 20.7. The van der Waals surface area contributed by atoms with Gasteiger partial charge in [0, 0.05) is 22.4 Å². The first-order valence-corrected chi connectivity index (χ1v) is 10.6. The highest BCUT2D eigenvalue weighted by atomic mass is 32.1. The largest absolute Gasteiger partial charge is 0.455 e. The van der Waals surface area contributed by atoms with Crippen molar-refractivity contribution in [3.63, 3.8) is 0 Å². The lowest BCUT2D eigenvalue weighted by atomic mass is 9.70. The summed E-state index contributed by atoms with van der Waals surface area (Å²) in [5, 5.41) is 4.34. The van der Waals surface area contributed by atoms with Gasteiger partial charge in [-0.1, -0.05) is 20.8 Å². The molecule has 0 aliphatic heterocycles. The molecule has 2 atom stereocenters. The van der Waals surface area contributed by atoms with Crippen molar-refractivity contribution in [2.24, 2.45) is 21.8 Å². The van der Waals surface area contributed by atoms with E-state index in [0.29, 0.717) is 10.8 Å². The van der Waals surface area contributed by atoms with Gasteiger partial charge < -0.3 is 4.74 Å². The minimum atomic E-state index is -0.558. The van der Waals surface area contributed by atoms with Gasteiger partial charge in [0.2, 0.25) is 0 Å². The molecule has 152 valence electrons. The van der Waals surface area contributed by atoms with Gasteiger partial charge in [-0.15, -0.1) is 11.3 Å². The quantitative estimate of drug-likeness (QED) is 0.425. The van der Waals surface area contributed by atoms with E-state index >= 15 is 0 Å². The number of carbonyl (C=O) groups excluding carboxylic acids is 3. The average Bonchev–Trinajstić information content (AvgIpc) is 3.23. The Morgan fingerprint density at radius 2 is 2.00 bits per heavy atom. The van der Waals surface area contributed by atoms with Gasteiger partial charge >= 0.3 is 5.97 Å². The maximum atomic E-state index is 12.0. The van der Waals surface area contributed by atoms with Crippen LogP contribution in [0.4, 0.5) is 0 Å². The van der Waals surface area contributed by atoms with Crippen molar-refractivity contribution in [2.45, 2.75) is 59.8 Å². The number of nitrogens with one attached hydrogen (secondary N) is 1. The van der Waals surface area contributed by atoms with Crippen molar-refractivity contribution in [2.75, 3.05) is 6.61 Å². The molecule has 2 saturated carbocycles. The van der Waals surface area contributed by atoms with E-state index in [-0.39, 0.29) is 36.1 Å². The lowest BCUT2D eigenvalue weighted by Gasteiger charge is -2.34. The molecular formula is C21H28N2O4S.